The molecular formula is C14H31NO. The monoisotopic (exact) mass is 229 g/mol. The van der Waals surface area contributed by atoms with Crippen molar-refractivity contribution in [2.75, 3.05) is 26.2 Å². The maximum Gasteiger partial charge on any atom is 0.0459 e. The van der Waals surface area contributed by atoms with E-state index in [4.69, 9.17) is 0 Å². The molecule has 0 amide bonds. The van der Waals surface area contributed by atoms with Crippen molar-refractivity contribution in [3.8, 4) is 0 Å². The molecule has 1 N–H and O–H groups in total. The summed E-state index contributed by atoms with van der Waals surface area (Å²) in [5.41, 5.74) is 0. The van der Waals surface area contributed by atoms with E-state index in [1.54, 1.807) is 0 Å². The van der Waals surface area contributed by atoms with Crippen LogP contribution in [-0.4, -0.2) is 36.2 Å². The third kappa shape index (κ3) is 8.12. The van der Waals surface area contributed by atoms with Gasteiger partial charge in [-0.3, -0.25) is 0 Å². The summed E-state index contributed by atoms with van der Waals surface area (Å²) < 4.78 is 0. The zero-order valence-electron chi connectivity index (χ0n) is 11.5. The van der Waals surface area contributed by atoms with Crippen LogP contribution >= 0.6 is 0 Å². The molecule has 16 heavy (non-hydrogen) atoms. The van der Waals surface area contributed by atoms with E-state index in [1.165, 1.54) is 45.1 Å². The quantitative estimate of drug-likeness (QED) is 0.550. The van der Waals surface area contributed by atoms with E-state index in [0.29, 0.717) is 12.5 Å². The number of rotatable bonds is 11. The number of hydrogen-bond donors (Lipinski definition) is 1. The van der Waals surface area contributed by atoms with Gasteiger partial charge >= 0.3 is 0 Å². The summed E-state index contributed by atoms with van der Waals surface area (Å²) in [6.07, 6.45) is 7.48. The molecule has 0 aromatic heterocycles. The average Bonchev–Trinajstić information content (AvgIpc) is 2.33. The first-order chi connectivity index (χ1) is 7.78. The van der Waals surface area contributed by atoms with Gasteiger partial charge in [-0.25, -0.2) is 0 Å². The van der Waals surface area contributed by atoms with Crippen molar-refractivity contribution in [2.24, 2.45) is 5.92 Å². The van der Waals surface area contributed by atoms with Gasteiger partial charge in [-0.15, -0.1) is 0 Å². The Morgan fingerprint density at radius 2 is 1.56 bits per heavy atom. The Morgan fingerprint density at radius 1 is 0.938 bits per heavy atom. The van der Waals surface area contributed by atoms with Gasteiger partial charge in [0.2, 0.25) is 0 Å². The highest BCUT2D eigenvalue weighted by molar-refractivity contribution is 4.60. The summed E-state index contributed by atoms with van der Waals surface area (Å²) in [6.45, 7) is 10.6. The number of nitrogens with zero attached hydrogens (tertiary/aromatic N) is 1. The normalized spacial score (nSPS) is 13.3. The van der Waals surface area contributed by atoms with Gasteiger partial charge in [0.05, 0.1) is 0 Å². The van der Waals surface area contributed by atoms with Crippen LogP contribution < -0.4 is 0 Å². The van der Waals surface area contributed by atoms with Gasteiger partial charge in [-0.05, 0) is 44.8 Å². The largest absolute Gasteiger partial charge is 0.396 e. The molecule has 0 rings (SSSR count). The van der Waals surface area contributed by atoms with E-state index in [0.717, 1.165) is 13.1 Å². The van der Waals surface area contributed by atoms with E-state index in [9.17, 15) is 5.11 Å². The molecule has 0 saturated heterocycles. The fourth-order valence-corrected chi connectivity index (χ4v) is 2.13. The van der Waals surface area contributed by atoms with Crippen LogP contribution in [0.5, 0.6) is 0 Å². The summed E-state index contributed by atoms with van der Waals surface area (Å²) in [5, 5.41) is 9.24. The fraction of sp³-hybridized carbons (Fsp3) is 1.00. The van der Waals surface area contributed by atoms with Gasteiger partial charge in [-0.1, -0.05) is 40.0 Å². The summed E-state index contributed by atoms with van der Waals surface area (Å²) in [4.78, 5) is 2.47. The van der Waals surface area contributed by atoms with Gasteiger partial charge in [0.1, 0.15) is 0 Å². The molecule has 2 nitrogen and oxygen atoms in total. The zero-order chi connectivity index (χ0) is 12.2. The molecule has 0 aromatic rings. The molecule has 0 fully saturated rings. The van der Waals surface area contributed by atoms with Gasteiger partial charge in [-0.2, -0.15) is 0 Å². The molecule has 0 radical (unpaired) electrons. The zero-order valence-corrected chi connectivity index (χ0v) is 11.5. The maximum absolute atomic E-state index is 9.24. The minimum atomic E-state index is 0.380. The van der Waals surface area contributed by atoms with Crippen LogP contribution in [-0.2, 0) is 0 Å². The highest BCUT2D eigenvalue weighted by atomic mass is 16.3. The minimum Gasteiger partial charge on any atom is -0.396 e. The second-order valence-corrected chi connectivity index (χ2v) is 4.71. The number of hydrogen-bond acceptors (Lipinski definition) is 2. The lowest BCUT2D eigenvalue weighted by Crippen LogP contribution is -2.24. The van der Waals surface area contributed by atoms with E-state index in [-0.39, 0.29) is 0 Å². The second-order valence-electron chi connectivity index (χ2n) is 4.71. The molecule has 0 aromatic carbocycles. The molecule has 98 valence electrons. The first kappa shape index (κ1) is 15.9. The SMILES string of the molecule is CCCC[C@@H](CO)CCCCN(CC)CC. The lowest BCUT2D eigenvalue weighted by atomic mass is 9.97. The van der Waals surface area contributed by atoms with Gasteiger partial charge in [0.15, 0.2) is 0 Å². The van der Waals surface area contributed by atoms with E-state index in [1.807, 2.05) is 0 Å². The number of unbranched alkanes of at least 4 members (excludes halogenated alkanes) is 2. The lowest BCUT2D eigenvalue weighted by molar-refractivity contribution is 0.202. The second kappa shape index (κ2) is 11.4. The van der Waals surface area contributed by atoms with Gasteiger partial charge in [0, 0.05) is 6.61 Å². The summed E-state index contributed by atoms with van der Waals surface area (Å²) >= 11 is 0. The minimum absolute atomic E-state index is 0.380. The van der Waals surface area contributed by atoms with Crippen LogP contribution in [0.3, 0.4) is 0 Å². The van der Waals surface area contributed by atoms with Crippen molar-refractivity contribution >= 4 is 0 Å². The predicted octanol–water partition coefficient (Wildman–Crippen LogP) is 3.30. The van der Waals surface area contributed by atoms with E-state index in [2.05, 4.69) is 25.7 Å². The Kier molecular flexibility index (Phi) is 11.3. The molecule has 0 unspecified atom stereocenters. The Bertz CT molecular complexity index is 135. The molecule has 0 aliphatic carbocycles. The predicted molar refractivity (Wildman–Crippen MR) is 71.7 cm³/mol. The van der Waals surface area contributed by atoms with Crippen molar-refractivity contribution in [3.63, 3.8) is 0 Å². The maximum atomic E-state index is 9.24. The van der Waals surface area contributed by atoms with Crippen molar-refractivity contribution in [1.82, 2.24) is 4.90 Å². The van der Waals surface area contributed by atoms with Crippen LogP contribution in [0, 0.1) is 5.92 Å². The van der Waals surface area contributed by atoms with Crippen molar-refractivity contribution < 1.29 is 5.11 Å². The number of aliphatic hydroxyl groups is 1. The van der Waals surface area contributed by atoms with Crippen LogP contribution in [0.4, 0.5) is 0 Å². The third-order valence-electron chi connectivity index (χ3n) is 3.46. The molecule has 1 atom stereocenters. The van der Waals surface area contributed by atoms with Gasteiger partial charge in [0.25, 0.3) is 0 Å². The smallest absolute Gasteiger partial charge is 0.0459 e. The van der Waals surface area contributed by atoms with E-state index < -0.39 is 0 Å². The molecular weight excluding hydrogens is 198 g/mol. The summed E-state index contributed by atoms with van der Waals surface area (Å²) in [5.74, 6) is 0.552. The first-order valence-corrected chi connectivity index (χ1v) is 7.11. The molecule has 0 aliphatic rings. The third-order valence-corrected chi connectivity index (χ3v) is 3.46. The molecule has 0 bridgehead atoms. The average molecular weight is 229 g/mol. The lowest BCUT2D eigenvalue weighted by Gasteiger charge is -2.18. The molecule has 2 heteroatoms. The van der Waals surface area contributed by atoms with Crippen molar-refractivity contribution in [1.29, 1.82) is 0 Å². The first-order valence-electron chi connectivity index (χ1n) is 7.11. The van der Waals surface area contributed by atoms with E-state index >= 15 is 0 Å². The van der Waals surface area contributed by atoms with Crippen LogP contribution in [0.15, 0.2) is 0 Å². The van der Waals surface area contributed by atoms with Crippen molar-refractivity contribution in [2.45, 2.75) is 59.3 Å². The number of aliphatic hydroxyl groups excluding tert-OH is 1. The Hall–Kier alpha value is -0.0800. The Morgan fingerprint density at radius 3 is 2.06 bits per heavy atom. The van der Waals surface area contributed by atoms with Crippen molar-refractivity contribution in [3.05, 3.63) is 0 Å². The topological polar surface area (TPSA) is 23.5 Å². The Balaban J connectivity index is 3.46. The summed E-state index contributed by atoms with van der Waals surface area (Å²) in [6, 6.07) is 0. The summed E-state index contributed by atoms with van der Waals surface area (Å²) in [7, 11) is 0. The van der Waals surface area contributed by atoms with Gasteiger partial charge < -0.3 is 10.0 Å². The highest BCUT2D eigenvalue weighted by Crippen LogP contribution is 2.15. The molecule has 0 saturated carbocycles. The Labute approximate surface area is 102 Å². The highest BCUT2D eigenvalue weighted by Gasteiger charge is 2.06. The van der Waals surface area contributed by atoms with Crippen LogP contribution in [0.25, 0.3) is 0 Å². The fourth-order valence-electron chi connectivity index (χ4n) is 2.13. The molecule has 0 spiro atoms. The molecule has 0 heterocycles. The molecule has 0 aliphatic heterocycles. The van der Waals surface area contributed by atoms with Crippen LogP contribution in [0.2, 0.25) is 0 Å². The standard InChI is InChI=1S/C14H31NO/c1-4-7-10-14(13-16)11-8-9-12-15(5-2)6-3/h14,16H,4-13H2,1-3H3/t14-/m1/s1. The van der Waals surface area contributed by atoms with Crippen LogP contribution in [0.1, 0.15) is 59.3 Å².